The Kier molecular flexibility index (Phi) is 10.7. The van der Waals surface area contributed by atoms with Crippen LogP contribution in [0.4, 0.5) is 0 Å². The number of Topliss-reactive ketones (excluding diaryl/α,β-unsaturated/α-hetero) is 1. The van der Waals surface area contributed by atoms with Crippen molar-refractivity contribution in [3.8, 4) is 0 Å². The molecule has 0 spiro atoms. The number of carbonyl (C=O) groups is 1. The van der Waals surface area contributed by atoms with Crippen LogP contribution >= 0.6 is 0 Å². The SMILES string of the molecule is C1=CC(=C(CCCc2ccccc2)c2ccccc2)C=C1.O=C(CCCc1ccccc1)c1ccccc1. The van der Waals surface area contributed by atoms with Crippen LogP contribution in [0.3, 0.4) is 0 Å². The minimum atomic E-state index is 0.238. The van der Waals surface area contributed by atoms with Gasteiger partial charge in [-0.05, 0) is 59.9 Å². The lowest BCUT2D eigenvalue weighted by atomic mass is 9.94. The lowest BCUT2D eigenvalue weighted by Gasteiger charge is -2.11. The molecular formula is C37H36O. The van der Waals surface area contributed by atoms with Crippen LogP contribution in [0.5, 0.6) is 0 Å². The van der Waals surface area contributed by atoms with E-state index < -0.39 is 0 Å². The van der Waals surface area contributed by atoms with Crippen molar-refractivity contribution in [3.05, 3.63) is 173 Å². The minimum Gasteiger partial charge on any atom is -0.294 e. The van der Waals surface area contributed by atoms with E-state index in [0.717, 1.165) is 31.2 Å². The summed E-state index contributed by atoms with van der Waals surface area (Å²) in [6, 6.07) is 41.3. The Morgan fingerprint density at radius 2 is 0.895 bits per heavy atom. The van der Waals surface area contributed by atoms with Gasteiger partial charge in [-0.2, -0.15) is 0 Å². The van der Waals surface area contributed by atoms with Crippen LogP contribution in [-0.4, -0.2) is 5.78 Å². The number of hydrogen-bond acceptors (Lipinski definition) is 1. The molecule has 0 saturated heterocycles. The summed E-state index contributed by atoms with van der Waals surface area (Å²) in [6.07, 6.45) is 14.6. The van der Waals surface area contributed by atoms with Gasteiger partial charge in [0.15, 0.2) is 5.78 Å². The van der Waals surface area contributed by atoms with E-state index in [0.29, 0.717) is 6.42 Å². The maximum Gasteiger partial charge on any atom is 0.162 e. The van der Waals surface area contributed by atoms with Gasteiger partial charge in [0.1, 0.15) is 0 Å². The van der Waals surface area contributed by atoms with Crippen LogP contribution in [0.15, 0.2) is 151 Å². The van der Waals surface area contributed by atoms with Crippen LogP contribution in [0.25, 0.3) is 5.57 Å². The Morgan fingerprint density at radius 1 is 0.474 bits per heavy atom. The minimum absolute atomic E-state index is 0.238. The van der Waals surface area contributed by atoms with Crippen molar-refractivity contribution in [2.75, 3.05) is 0 Å². The number of ketones is 1. The van der Waals surface area contributed by atoms with Gasteiger partial charge < -0.3 is 0 Å². The lowest BCUT2D eigenvalue weighted by molar-refractivity contribution is 0.0980. The number of hydrogen-bond donors (Lipinski definition) is 0. The molecule has 1 aliphatic rings. The third kappa shape index (κ3) is 8.71. The van der Waals surface area contributed by atoms with Gasteiger partial charge in [-0.1, -0.05) is 146 Å². The van der Waals surface area contributed by atoms with Gasteiger partial charge in [0.25, 0.3) is 0 Å². The molecule has 0 heterocycles. The first kappa shape index (κ1) is 26.8. The fourth-order valence-corrected chi connectivity index (χ4v) is 4.65. The van der Waals surface area contributed by atoms with E-state index in [1.165, 1.54) is 34.3 Å². The summed E-state index contributed by atoms with van der Waals surface area (Å²) in [5, 5.41) is 0. The van der Waals surface area contributed by atoms with E-state index in [-0.39, 0.29) is 5.78 Å². The summed E-state index contributed by atoms with van der Waals surface area (Å²) in [7, 11) is 0. The molecule has 38 heavy (non-hydrogen) atoms. The average molecular weight is 497 g/mol. The zero-order chi connectivity index (χ0) is 26.3. The maximum atomic E-state index is 11.8. The third-order valence-electron chi connectivity index (χ3n) is 6.68. The molecule has 0 aliphatic heterocycles. The molecule has 0 aromatic heterocycles. The summed E-state index contributed by atoms with van der Waals surface area (Å²) in [6.45, 7) is 0. The van der Waals surface area contributed by atoms with Gasteiger partial charge >= 0.3 is 0 Å². The molecule has 0 N–H and O–H groups in total. The van der Waals surface area contributed by atoms with Gasteiger partial charge in [-0.25, -0.2) is 0 Å². The highest BCUT2D eigenvalue weighted by Crippen LogP contribution is 2.28. The second-order valence-corrected chi connectivity index (χ2v) is 9.49. The number of aryl methyl sites for hydroxylation is 2. The van der Waals surface area contributed by atoms with Gasteiger partial charge in [0, 0.05) is 12.0 Å². The summed E-state index contributed by atoms with van der Waals surface area (Å²) in [5.74, 6) is 0.238. The zero-order valence-corrected chi connectivity index (χ0v) is 22.0. The standard InChI is InChI=1S/C21H20.C16H16O/c1-3-10-18(11-4-1)12-9-17-21(20-15-7-8-16-20)19-13-5-2-6-14-19;17-16(15-11-5-2-6-12-15)13-7-10-14-8-3-1-4-9-14/h1-8,10-11,13-16H,9,12,17H2;1-6,8-9,11-12H,7,10,13H2. The van der Waals surface area contributed by atoms with E-state index in [2.05, 4.69) is 97.1 Å². The summed E-state index contributed by atoms with van der Waals surface area (Å²) in [5.41, 5.74) is 7.70. The van der Waals surface area contributed by atoms with Crippen molar-refractivity contribution >= 4 is 11.4 Å². The van der Waals surface area contributed by atoms with Crippen molar-refractivity contribution in [1.29, 1.82) is 0 Å². The van der Waals surface area contributed by atoms with Gasteiger partial charge in [0.2, 0.25) is 0 Å². The van der Waals surface area contributed by atoms with Crippen LogP contribution in [0.2, 0.25) is 0 Å². The second kappa shape index (κ2) is 15.1. The number of allylic oxidation sites excluding steroid dienone is 6. The summed E-state index contributed by atoms with van der Waals surface area (Å²) < 4.78 is 0. The average Bonchev–Trinajstić information content (AvgIpc) is 3.52. The topological polar surface area (TPSA) is 17.1 Å². The Morgan fingerprint density at radius 3 is 1.39 bits per heavy atom. The molecule has 4 aromatic carbocycles. The normalized spacial score (nSPS) is 11.6. The Labute approximate surface area is 227 Å². The van der Waals surface area contributed by atoms with Crippen molar-refractivity contribution in [1.82, 2.24) is 0 Å². The molecule has 1 heteroatoms. The van der Waals surface area contributed by atoms with Crippen LogP contribution < -0.4 is 0 Å². The summed E-state index contributed by atoms with van der Waals surface area (Å²) in [4.78, 5) is 11.8. The van der Waals surface area contributed by atoms with Gasteiger partial charge in [0.05, 0.1) is 0 Å². The Bertz CT molecular complexity index is 1320. The fraction of sp³-hybridized carbons (Fsp3) is 0.162. The van der Waals surface area contributed by atoms with Crippen LogP contribution in [-0.2, 0) is 12.8 Å². The molecule has 5 rings (SSSR count). The highest BCUT2D eigenvalue weighted by atomic mass is 16.1. The molecule has 190 valence electrons. The third-order valence-corrected chi connectivity index (χ3v) is 6.68. The fourth-order valence-electron chi connectivity index (χ4n) is 4.65. The quantitative estimate of drug-likeness (QED) is 0.200. The molecule has 1 aliphatic carbocycles. The molecule has 4 aromatic rings. The molecule has 0 bridgehead atoms. The van der Waals surface area contributed by atoms with Gasteiger partial charge in [-0.15, -0.1) is 0 Å². The van der Waals surface area contributed by atoms with Crippen molar-refractivity contribution in [3.63, 3.8) is 0 Å². The predicted octanol–water partition coefficient (Wildman–Crippen LogP) is 9.48. The molecule has 0 atom stereocenters. The van der Waals surface area contributed by atoms with Crippen molar-refractivity contribution in [2.24, 2.45) is 0 Å². The van der Waals surface area contributed by atoms with Crippen LogP contribution in [0, 0.1) is 0 Å². The van der Waals surface area contributed by atoms with E-state index in [4.69, 9.17) is 0 Å². The number of benzene rings is 4. The molecule has 0 radical (unpaired) electrons. The first-order valence-corrected chi connectivity index (χ1v) is 13.6. The monoisotopic (exact) mass is 496 g/mol. The highest BCUT2D eigenvalue weighted by molar-refractivity contribution is 5.95. The first-order valence-electron chi connectivity index (χ1n) is 13.6. The van der Waals surface area contributed by atoms with E-state index in [1.54, 1.807) is 0 Å². The molecule has 0 saturated carbocycles. The van der Waals surface area contributed by atoms with E-state index in [1.807, 2.05) is 48.5 Å². The van der Waals surface area contributed by atoms with Crippen molar-refractivity contribution < 1.29 is 4.79 Å². The second-order valence-electron chi connectivity index (χ2n) is 9.49. The molecule has 0 unspecified atom stereocenters. The smallest absolute Gasteiger partial charge is 0.162 e. The first-order chi connectivity index (χ1) is 18.8. The van der Waals surface area contributed by atoms with E-state index >= 15 is 0 Å². The Balaban J connectivity index is 0.000000181. The van der Waals surface area contributed by atoms with Crippen LogP contribution in [0.1, 0.15) is 52.7 Å². The predicted molar refractivity (Wildman–Crippen MR) is 161 cm³/mol. The largest absolute Gasteiger partial charge is 0.294 e. The highest BCUT2D eigenvalue weighted by Gasteiger charge is 2.08. The number of carbonyl (C=O) groups excluding carboxylic acids is 1. The maximum absolute atomic E-state index is 11.8. The van der Waals surface area contributed by atoms with E-state index in [9.17, 15) is 4.79 Å². The Hall–Kier alpha value is -4.23. The summed E-state index contributed by atoms with van der Waals surface area (Å²) >= 11 is 0. The lowest BCUT2D eigenvalue weighted by Crippen LogP contribution is -1.99. The molecule has 0 fully saturated rings. The molecule has 0 amide bonds. The van der Waals surface area contributed by atoms with Crippen molar-refractivity contribution in [2.45, 2.75) is 38.5 Å². The molecular weight excluding hydrogens is 460 g/mol. The van der Waals surface area contributed by atoms with Gasteiger partial charge in [-0.3, -0.25) is 4.79 Å². The zero-order valence-electron chi connectivity index (χ0n) is 22.0. The number of rotatable bonds is 10. The molecule has 1 nitrogen and oxygen atoms in total.